The summed E-state index contributed by atoms with van der Waals surface area (Å²) in [6.45, 7) is 6.09. The molecule has 1 atom stereocenters. The zero-order chi connectivity index (χ0) is 19.3. The lowest BCUT2D eigenvalue weighted by molar-refractivity contribution is -0.133. The molecule has 0 bridgehead atoms. The molecule has 0 aliphatic heterocycles. The van der Waals surface area contributed by atoms with Gasteiger partial charge in [-0.05, 0) is 36.1 Å². The lowest BCUT2D eigenvalue weighted by Gasteiger charge is -2.27. The molecule has 0 heterocycles. The van der Waals surface area contributed by atoms with Crippen LogP contribution in [0.5, 0.6) is 0 Å². The lowest BCUT2D eigenvalue weighted by atomic mass is 10.0. The molecule has 2 aromatic rings. The first-order valence-electron chi connectivity index (χ1n) is 8.59. The number of nitrogens with one attached hydrogen (secondary N) is 1. The molecule has 2 rings (SSSR count). The summed E-state index contributed by atoms with van der Waals surface area (Å²) in [5.74, 6) is -0.428. The van der Waals surface area contributed by atoms with Crippen LogP contribution in [-0.4, -0.2) is 32.3 Å². The van der Waals surface area contributed by atoms with Gasteiger partial charge in [-0.3, -0.25) is 4.79 Å². The minimum absolute atomic E-state index is 0.153. The predicted molar refractivity (Wildman–Crippen MR) is 103 cm³/mol. The second-order valence-electron chi connectivity index (χ2n) is 6.78. The van der Waals surface area contributed by atoms with Gasteiger partial charge in [0.1, 0.15) is 6.04 Å². The maximum absolute atomic E-state index is 12.9. The van der Waals surface area contributed by atoms with E-state index in [-0.39, 0.29) is 16.7 Å². The summed E-state index contributed by atoms with van der Waals surface area (Å²) in [6.07, 6.45) is 0. The van der Waals surface area contributed by atoms with Crippen LogP contribution >= 0.6 is 0 Å². The predicted octanol–water partition coefficient (Wildman–Crippen LogP) is 2.96. The van der Waals surface area contributed by atoms with Crippen molar-refractivity contribution < 1.29 is 13.2 Å². The third kappa shape index (κ3) is 4.93. The van der Waals surface area contributed by atoms with Gasteiger partial charge in [0.05, 0.1) is 4.90 Å². The Balaban J connectivity index is 2.18. The zero-order valence-electron chi connectivity index (χ0n) is 15.6. The quantitative estimate of drug-likeness (QED) is 0.810. The molecule has 5 nitrogen and oxygen atoms in total. The third-order valence-electron chi connectivity index (χ3n) is 4.31. The van der Waals surface area contributed by atoms with Gasteiger partial charge in [0.2, 0.25) is 15.9 Å². The van der Waals surface area contributed by atoms with Gasteiger partial charge in [-0.2, -0.15) is 4.72 Å². The molecule has 0 fully saturated rings. The Morgan fingerprint density at radius 2 is 1.62 bits per heavy atom. The number of nitrogens with zero attached hydrogens (tertiary/aromatic N) is 1. The Hall–Kier alpha value is -2.18. The summed E-state index contributed by atoms with van der Waals surface area (Å²) in [5.41, 5.74) is 2.13. The highest BCUT2D eigenvalue weighted by atomic mass is 32.2. The molecule has 0 aliphatic carbocycles. The second-order valence-corrected chi connectivity index (χ2v) is 8.49. The number of benzene rings is 2. The van der Waals surface area contributed by atoms with Crippen LogP contribution in [-0.2, 0) is 21.4 Å². The van der Waals surface area contributed by atoms with Crippen LogP contribution in [0.4, 0.5) is 0 Å². The van der Waals surface area contributed by atoms with Crippen molar-refractivity contribution in [2.24, 2.45) is 5.92 Å². The molecule has 0 unspecified atom stereocenters. The van der Waals surface area contributed by atoms with E-state index in [0.29, 0.717) is 6.54 Å². The molecule has 1 N–H and O–H groups in total. The number of amides is 1. The highest BCUT2D eigenvalue weighted by Gasteiger charge is 2.30. The number of hydrogen-bond acceptors (Lipinski definition) is 3. The van der Waals surface area contributed by atoms with Crippen LogP contribution < -0.4 is 4.72 Å². The molecule has 26 heavy (non-hydrogen) atoms. The molecule has 6 heteroatoms. The summed E-state index contributed by atoms with van der Waals surface area (Å²) in [4.78, 5) is 14.6. The standard InChI is InChI=1S/C20H26N2O3S/c1-15(2)19(21-26(24,25)18-12-6-5-7-13-18)20(23)22(4)14-17-11-9-8-10-16(17)3/h5-13,15,19,21H,14H2,1-4H3/t19-/m0/s1. The van der Waals surface area contributed by atoms with Gasteiger partial charge < -0.3 is 4.90 Å². The highest BCUT2D eigenvalue weighted by Crippen LogP contribution is 2.15. The van der Waals surface area contributed by atoms with Crippen molar-refractivity contribution in [3.05, 3.63) is 65.7 Å². The number of carbonyl (C=O) groups excluding carboxylic acids is 1. The number of rotatable bonds is 7. The lowest BCUT2D eigenvalue weighted by Crippen LogP contribution is -2.49. The van der Waals surface area contributed by atoms with Crippen LogP contribution in [0.3, 0.4) is 0 Å². The topological polar surface area (TPSA) is 66.5 Å². The summed E-state index contributed by atoms with van der Waals surface area (Å²) >= 11 is 0. The Bertz CT molecular complexity index is 848. The van der Waals surface area contributed by atoms with E-state index >= 15 is 0 Å². The first-order valence-corrected chi connectivity index (χ1v) is 10.1. The molecule has 0 saturated carbocycles. The number of hydrogen-bond donors (Lipinski definition) is 1. The van der Waals surface area contributed by atoms with E-state index < -0.39 is 16.1 Å². The van der Waals surface area contributed by atoms with E-state index in [1.165, 1.54) is 12.1 Å². The fraction of sp³-hybridized carbons (Fsp3) is 0.350. The molecule has 0 aliphatic rings. The largest absolute Gasteiger partial charge is 0.340 e. The molecule has 1 amide bonds. The van der Waals surface area contributed by atoms with Crippen LogP contribution in [0.2, 0.25) is 0 Å². The fourth-order valence-corrected chi connectivity index (χ4v) is 4.02. The van der Waals surface area contributed by atoms with Gasteiger partial charge >= 0.3 is 0 Å². The monoisotopic (exact) mass is 374 g/mol. The Kier molecular flexibility index (Phi) is 6.56. The minimum Gasteiger partial charge on any atom is -0.340 e. The Morgan fingerprint density at radius 1 is 1.04 bits per heavy atom. The van der Waals surface area contributed by atoms with Crippen LogP contribution in [0.15, 0.2) is 59.5 Å². The zero-order valence-corrected chi connectivity index (χ0v) is 16.5. The Labute approximate surface area is 156 Å². The third-order valence-corrected chi connectivity index (χ3v) is 5.77. The highest BCUT2D eigenvalue weighted by molar-refractivity contribution is 7.89. The first kappa shape index (κ1) is 20.1. The molecule has 0 spiro atoms. The van der Waals surface area contributed by atoms with Crippen molar-refractivity contribution in [1.82, 2.24) is 9.62 Å². The number of aryl methyl sites for hydroxylation is 1. The molecular formula is C20H26N2O3S. The fourth-order valence-electron chi connectivity index (χ4n) is 2.66. The maximum Gasteiger partial charge on any atom is 0.241 e. The van der Waals surface area contributed by atoms with Crippen molar-refractivity contribution in [1.29, 1.82) is 0 Å². The smallest absolute Gasteiger partial charge is 0.241 e. The van der Waals surface area contributed by atoms with E-state index in [4.69, 9.17) is 0 Å². The SMILES string of the molecule is Cc1ccccc1CN(C)C(=O)[C@@H](NS(=O)(=O)c1ccccc1)C(C)C. The summed E-state index contributed by atoms with van der Waals surface area (Å²) in [5, 5.41) is 0. The van der Waals surface area contributed by atoms with Crippen molar-refractivity contribution >= 4 is 15.9 Å². The maximum atomic E-state index is 12.9. The molecule has 2 aromatic carbocycles. The normalized spacial score (nSPS) is 12.8. The van der Waals surface area contributed by atoms with Gasteiger partial charge in [-0.25, -0.2) is 8.42 Å². The number of carbonyl (C=O) groups is 1. The van der Waals surface area contributed by atoms with E-state index in [1.807, 2.05) is 45.0 Å². The van der Waals surface area contributed by atoms with E-state index in [9.17, 15) is 13.2 Å². The molecular weight excluding hydrogens is 348 g/mol. The second kappa shape index (κ2) is 8.47. The molecule has 0 radical (unpaired) electrons. The summed E-state index contributed by atoms with van der Waals surface area (Å²) in [7, 11) is -2.07. The van der Waals surface area contributed by atoms with Gasteiger partial charge in [-0.1, -0.05) is 56.3 Å². The average Bonchev–Trinajstić information content (AvgIpc) is 2.61. The number of sulfonamides is 1. The van der Waals surface area contributed by atoms with E-state index in [2.05, 4.69) is 4.72 Å². The van der Waals surface area contributed by atoms with Crippen LogP contribution in [0.1, 0.15) is 25.0 Å². The van der Waals surface area contributed by atoms with Gasteiger partial charge in [0.15, 0.2) is 0 Å². The van der Waals surface area contributed by atoms with Gasteiger partial charge in [-0.15, -0.1) is 0 Å². The summed E-state index contributed by atoms with van der Waals surface area (Å²) in [6, 6.07) is 15.1. The minimum atomic E-state index is -3.76. The van der Waals surface area contributed by atoms with E-state index in [1.54, 1.807) is 30.1 Å². The van der Waals surface area contributed by atoms with Crippen molar-refractivity contribution in [3.8, 4) is 0 Å². The van der Waals surface area contributed by atoms with Crippen LogP contribution in [0.25, 0.3) is 0 Å². The summed E-state index contributed by atoms with van der Waals surface area (Å²) < 4.78 is 27.8. The average molecular weight is 375 g/mol. The van der Waals surface area contributed by atoms with Crippen molar-refractivity contribution in [2.45, 2.75) is 38.3 Å². The van der Waals surface area contributed by atoms with Crippen LogP contribution in [0, 0.1) is 12.8 Å². The Morgan fingerprint density at radius 3 is 2.19 bits per heavy atom. The number of likely N-dealkylation sites (N-methyl/N-ethyl adjacent to an activating group) is 1. The van der Waals surface area contributed by atoms with Crippen molar-refractivity contribution in [2.75, 3.05) is 7.05 Å². The van der Waals surface area contributed by atoms with Gasteiger partial charge in [0.25, 0.3) is 0 Å². The van der Waals surface area contributed by atoms with E-state index in [0.717, 1.165) is 11.1 Å². The first-order chi connectivity index (χ1) is 12.2. The molecule has 140 valence electrons. The van der Waals surface area contributed by atoms with Gasteiger partial charge in [0, 0.05) is 13.6 Å². The van der Waals surface area contributed by atoms with Crippen molar-refractivity contribution in [3.63, 3.8) is 0 Å². The molecule has 0 saturated heterocycles. The molecule has 0 aromatic heterocycles.